The van der Waals surface area contributed by atoms with Crippen LogP contribution in [0.4, 0.5) is 0 Å². The Balaban J connectivity index is 2.14. The molecule has 2 heterocycles. The predicted octanol–water partition coefficient (Wildman–Crippen LogP) is 3.66. The highest BCUT2D eigenvalue weighted by Gasteiger charge is 2.12. The molecule has 0 saturated heterocycles. The molecular formula is C16H12N4S. The summed E-state index contributed by atoms with van der Waals surface area (Å²) in [5.41, 5.74) is 3.15. The maximum atomic E-state index is 9.35. The molecule has 5 heteroatoms. The summed E-state index contributed by atoms with van der Waals surface area (Å²) in [5, 5.41) is 11.2. The molecule has 0 amide bonds. The van der Waals surface area contributed by atoms with Gasteiger partial charge in [-0.2, -0.15) is 5.26 Å². The minimum atomic E-state index is 0.605. The minimum Gasteiger partial charge on any atom is -0.257 e. The molecule has 3 aromatic rings. The monoisotopic (exact) mass is 292 g/mol. The first-order valence-electron chi connectivity index (χ1n) is 6.45. The van der Waals surface area contributed by atoms with Gasteiger partial charge in [0.05, 0.1) is 16.8 Å². The van der Waals surface area contributed by atoms with E-state index in [0.29, 0.717) is 5.56 Å². The Labute approximate surface area is 126 Å². The lowest BCUT2D eigenvalue weighted by Crippen LogP contribution is -1.95. The zero-order valence-electron chi connectivity index (χ0n) is 11.7. The molecule has 0 fully saturated rings. The molecule has 0 aliphatic heterocycles. The molecule has 4 nitrogen and oxygen atoms in total. The Bertz CT molecular complexity index is 863. The summed E-state index contributed by atoms with van der Waals surface area (Å²) >= 11 is 1.48. The van der Waals surface area contributed by atoms with Crippen LogP contribution in [-0.2, 0) is 0 Å². The first-order chi connectivity index (χ1) is 10.2. The van der Waals surface area contributed by atoms with Crippen molar-refractivity contribution in [1.29, 1.82) is 5.26 Å². The van der Waals surface area contributed by atoms with E-state index in [4.69, 9.17) is 0 Å². The van der Waals surface area contributed by atoms with Crippen molar-refractivity contribution in [1.82, 2.24) is 15.0 Å². The van der Waals surface area contributed by atoms with Crippen LogP contribution in [0.25, 0.3) is 10.9 Å². The summed E-state index contributed by atoms with van der Waals surface area (Å²) in [6.07, 6.45) is 1.55. The van der Waals surface area contributed by atoms with E-state index in [-0.39, 0.29) is 0 Å². The first-order valence-corrected chi connectivity index (χ1v) is 7.26. The highest BCUT2D eigenvalue weighted by atomic mass is 32.2. The third kappa shape index (κ3) is 2.58. The number of hydrogen-bond acceptors (Lipinski definition) is 5. The molecule has 0 bridgehead atoms. The van der Waals surface area contributed by atoms with Crippen molar-refractivity contribution in [3.63, 3.8) is 0 Å². The Morgan fingerprint density at radius 3 is 2.76 bits per heavy atom. The largest absolute Gasteiger partial charge is 0.257 e. The van der Waals surface area contributed by atoms with E-state index in [9.17, 15) is 5.26 Å². The van der Waals surface area contributed by atoms with Gasteiger partial charge in [-0.15, -0.1) is 0 Å². The van der Waals surface area contributed by atoms with Crippen LogP contribution in [-0.4, -0.2) is 15.0 Å². The van der Waals surface area contributed by atoms with Crippen LogP contribution < -0.4 is 0 Å². The van der Waals surface area contributed by atoms with Crippen LogP contribution in [0.2, 0.25) is 0 Å². The van der Waals surface area contributed by atoms with Gasteiger partial charge in [0, 0.05) is 16.0 Å². The van der Waals surface area contributed by atoms with Gasteiger partial charge >= 0.3 is 0 Å². The smallest absolute Gasteiger partial charge is 0.117 e. The fourth-order valence-electron chi connectivity index (χ4n) is 2.17. The lowest BCUT2D eigenvalue weighted by molar-refractivity contribution is 1.06. The second-order valence-corrected chi connectivity index (χ2v) is 5.66. The van der Waals surface area contributed by atoms with Crippen LogP contribution in [0, 0.1) is 25.2 Å². The Hall–Kier alpha value is -2.45. The van der Waals surface area contributed by atoms with Gasteiger partial charge in [-0.25, -0.2) is 9.97 Å². The van der Waals surface area contributed by atoms with Crippen molar-refractivity contribution in [3.8, 4) is 6.07 Å². The van der Waals surface area contributed by atoms with Crippen molar-refractivity contribution in [3.05, 3.63) is 53.6 Å². The van der Waals surface area contributed by atoms with Gasteiger partial charge < -0.3 is 0 Å². The second kappa shape index (κ2) is 5.51. The summed E-state index contributed by atoms with van der Waals surface area (Å²) in [6, 6.07) is 12.0. The van der Waals surface area contributed by atoms with Crippen LogP contribution in [0.1, 0.15) is 17.0 Å². The van der Waals surface area contributed by atoms with Crippen molar-refractivity contribution < 1.29 is 0 Å². The van der Waals surface area contributed by atoms with Crippen molar-refractivity contribution in [2.45, 2.75) is 23.8 Å². The van der Waals surface area contributed by atoms with Gasteiger partial charge in [0.15, 0.2) is 0 Å². The summed E-state index contributed by atoms with van der Waals surface area (Å²) in [4.78, 5) is 13.8. The number of hydrogen-bond donors (Lipinski definition) is 0. The third-order valence-electron chi connectivity index (χ3n) is 3.12. The van der Waals surface area contributed by atoms with E-state index in [2.05, 4.69) is 21.0 Å². The maximum absolute atomic E-state index is 9.35. The normalized spacial score (nSPS) is 10.5. The van der Waals surface area contributed by atoms with Crippen molar-refractivity contribution in [2.24, 2.45) is 0 Å². The van der Waals surface area contributed by atoms with Gasteiger partial charge in [0.25, 0.3) is 0 Å². The van der Waals surface area contributed by atoms with Crippen molar-refractivity contribution >= 4 is 22.7 Å². The molecule has 21 heavy (non-hydrogen) atoms. The zero-order valence-corrected chi connectivity index (χ0v) is 12.5. The number of para-hydroxylation sites is 1. The molecule has 0 radical (unpaired) electrons. The van der Waals surface area contributed by atoms with E-state index in [1.165, 1.54) is 11.8 Å². The summed E-state index contributed by atoms with van der Waals surface area (Å²) < 4.78 is 0. The molecule has 102 valence electrons. The Morgan fingerprint density at radius 1 is 1.14 bits per heavy atom. The van der Waals surface area contributed by atoms with Crippen LogP contribution in [0.3, 0.4) is 0 Å². The molecule has 0 aliphatic rings. The molecule has 3 rings (SSSR count). The van der Waals surface area contributed by atoms with Gasteiger partial charge in [0.2, 0.25) is 0 Å². The topological polar surface area (TPSA) is 62.5 Å². The standard InChI is InChI=1S/C16H12N4S/c1-10-7-15(13(8-17)11(2)20-10)21-16-12-5-3-4-6-14(12)18-9-19-16/h3-7,9H,1-2H3. The Kier molecular flexibility index (Phi) is 3.55. The third-order valence-corrected chi connectivity index (χ3v) is 4.18. The first kappa shape index (κ1) is 13.5. The van der Waals surface area contributed by atoms with Gasteiger partial charge in [-0.1, -0.05) is 30.0 Å². The van der Waals surface area contributed by atoms with E-state index in [1.807, 2.05) is 44.2 Å². The van der Waals surface area contributed by atoms with Gasteiger partial charge in [-0.05, 0) is 26.0 Å². The van der Waals surface area contributed by atoms with Crippen LogP contribution in [0.5, 0.6) is 0 Å². The molecule has 2 aromatic heterocycles. The maximum Gasteiger partial charge on any atom is 0.117 e. The fraction of sp³-hybridized carbons (Fsp3) is 0.125. The molecule has 1 aromatic carbocycles. The lowest BCUT2D eigenvalue weighted by Gasteiger charge is -2.08. The van der Waals surface area contributed by atoms with E-state index < -0.39 is 0 Å². The quantitative estimate of drug-likeness (QED) is 0.674. The Morgan fingerprint density at radius 2 is 1.95 bits per heavy atom. The summed E-state index contributed by atoms with van der Waals surface area (Å²) in [7, 11) is 0. The number of benzene rings is 1. The number of nitrogens with zero attached hydrogens (tertiary/aromatic N) is 4. The predicted molar refractivity (Wildman–Crippen MR) is 82.1 cm³/mol. The molecule has 0 atom stereocenters. The molecule has 0 unspecified atom stereocenters. The molecular weight excluding hydrogens is 280 g/mol. The fourth-order valence-corrected chi connectivity index (χ4v) is 3.29. The van der Waals surface area contributed by atoms with Crippen molar-refractivity contribution in [2.75, 3.05) is 0 Å². The minimum absolute atomic E-state index is 0.605. The number of rotatable bonds is 2. The summed E-state index contributed by atoms with van der Waals surface area (Å²) in [5.74, 6) is 0. The number of aromatic nitrogens is 3. The molecule has 0 N–H and O–H groups in total. The van der Waals surface area contributed by atoms with Crippen LogP contribution in [0.15, 0.2) is 46.6 Å². The van der Waals surface area contributed by atoms with Crippen LogP contribution >= 0.6 is 11.8 Å². The van der Waals surface area contributed by atoms with Gasteiger partial charge in [-0.3, -0.25) is 4.98 Å². The number of fused-ring (bicyclic) bond motifs is 1. The average molecular weight is 292 g/mol. The summed E-state index contributed by atoms with van der Waals surface area (Å²) in [6.45, 7) is 3.78. The SMILES string of the molecule is Cc1cc(Sc2ncnc3ccccc23)c(C#N)c(C)n1. The molecule has 0 aliphatic carbocycles. The van der Waals surface area contributed by atoms with E-state index in [0.717, 1.165) is 32.2 Å². The molecule has 0 saturated carbocycles. The van der Waals surface area contributed by atoms with E-state index >= 15 is 0 Å². The number of aryl methyl sites for hydroxylation is 2. The van der Waals surface area contributed by atoms with Gasteiger partial charge in [0.1, 0.15) is 17.4 Å². The van der Waals surface area contributed by atoms with E-state index in [1.54, 1.807) is 6.33 Å². The zero-order chi connectivity index (χ0) is 14.8. The highest BCUT2D eigenvalue weighted by Crippen LogP contribution is 2.33. The molecule has 0 spiro atoms. The average Bonchev–Trinajstić information content (AvgIpc) is 2.47. The second-order valence-electron chi connectivity index (χ2n) is 4.63. The lowest BCUT2D eigenvalue weighted by atomic mass is 10.2. The highest BCUT2D eigenvalue weighted by molar-refractivity contribution is 7.99. The number of nitriles is 1. The number of pyridine rings is 1.